The number of carbonyl (C=O) groups excluding carboxylic acids is 1. The molecule has 1 N–H and O–H groups in total. The largest absolute Gasteiger partial charge is 0.352 e. The summed E-state index contributed by atoms with van der Waals surface area (Å²) in [6.07, 6.45) is 3.64. The van der Waals surface area contributed by atoms with Gasteiger partial charge in [0, 0.05) is 11.7 Å². The maximum atomic E-state index is 13.3. The zero-order chi connectivity index (χ0) is 17.9. The van der Waals surface area contributed by atoms with Gasteiger partial charge in [-0.15, -0.1) is 10.2 Å². The number of carbonyl (C=O) groups is 1. The molecule has 1 atom stereocenters. The normalized spacial score (nSPS) is 14.8. The predicted molar refractivity (Wildman–Crippen MR) is 97.5 cm³/mol. The Kier molecular flexibility index (Phi) is 4.71. The predicted octanol–water partition coefficient (Wildman–Crippen LogP) is 3.52. The molecule has 1 aliphatic rings. The number of nitrogens with one attached hydrogen (secondary N) is 1. The summed E-state index contributed by atoms with van der Waals surface area (Å²) in [5.41, 5.74) is 1.65. The van der Waals surface area contributed by atoms with Gasteiger partial charge in [0.25, 0.3) is 0 Å². The molecular formula is C19H17FN4OS. The molecule has 5 nitrogen and oxygen atoms in total. The van der Waals surface area contributed by atoms with Crippen LogP contribution in [0.2, 0.25) is 0 Å². The molecule has 1 aliphatic carbocycles. The molecule has 2 aromatic carbocycles. The standard InChI is InChI=1S/C19H17FN4OS/c20-14-8-6-13(7-9-14)17(18(25)22-15-10-11-15)26-19-23-21-12-24(19)16-4-2-1-3-5-16/h1-9,12,15,17H,10-11H2,(H,22,25). The summed E-state index contributed by atoms with van der Waals surface area (Å²) in [5, 5.41) is 11.3. The highest BCUT2D eigenvalue weighted by Crippen LogP contribution is 2.36. The molecule has 1 unspecified atom stereocenters. The van der Waals surface area contributed by atoms with Crippen molar-refractivity contribution in [1.29, 1.82) is 0 Å². The molecule has 0 saturated heterocycles. The maximum Gasteiger partial charge on any atom is 0.238 e. The Balaban J connectivity index is 1.64. The SMILES string of the molecule is O=C(NC1CC1)C(Sc1nncn1-c1ccccc1)c1ccc(F)cc1. The van der Waals surface area contributed by atoms with Gasteiger partial charge in [-0.25, -0.2) is 4.39 Å². The van der Waals surface area contributed by atoms with Crippen LogP contribution in [0.3, 0.4) is 0 Å². The first-order valence-corrected chi connectivity index (χ1v) is 9.26. The number of aromatic nitrogens is 3. The van der Waals surface area contributed by atoms with Crippen LogP contribution in [0.5, 0.6) is 0 Å². The third kappa shape index (κ3) is 3.77. The van der Waals surface area contributed by atoms with Crippen molar-refractivity contribution in [1.82, 2.24) is 20.1 Å². The summed E-state index contributed by atoms with van der Waals surface area (Å²) in [6.45, 7) is 0. The van der Waals surface area contributed by atoms with E-state index in [0.29, 0.717) is 5.16 Å². The van der Waals surface area contributed by atoms with Crippen LogP contribution < -0.4 is 5.32 Å². The Bertz CT molecular complexity index is 893. The average Bonchev–Trinajstić information content (AvgIpc) is 3.35. The first-order chi connectivity index (χ1) is 12.7. The van der Waals surface area contributed by atoms with Crippen LogP contribution in [0.25, 0.3) is 5.69 Å². The highest BCUT2D eigenvalue weighted by atomic mass is 32.2. The molecule has 0 aliphatic heterocycles. The molecular weight excluding hydrogens is 351 g/mol. The number of thioether (sulfide) groups is 1. The van der Waals surface area contributed by atoms with Gasteiger partial charge in [0.1, 0.15) is 17.4 Å². The number of halogens is 1. The molecule has 132 valence electrons. The molecule has 1 amide bonds. The van der Waals surface area contributed by atoms with E-state index in [-0.39, 0.29) is 17.8 Å². The van der Waals surface area contributed by atoms with E-state index in [1.807, 2.05) is 34.9 Å². The molecule has 0 bridgehead atoms. The number of hydrogen-bond acceptors (Lipinski definition) is 4. The van der Waals surface area contributed by atoms with Crippen molar-refractivity contribution in [2.45, 2.75) is 29.3 Å². The number of rotatable bonds is 6. The summed E-state index contributed by atoms with van der Waals surface area (Å²) in [6, 6.07) is 16.0. The van der Waals surface area contributed by atoms with Gasteiger partial charge in [-0.1, -0.05) is 42.1 Å². The van der Waals surface area contributed by atoms with Gasteiger partial charge < -0.3 is 5.32 Å². The Morgan fingerprint density at radius 1 is 1.15 bits per heavy atom. The number of para-hydroxylation sites is 1. The fourth-order valence-electron chi connectivity index (χ4n) is 2.59. The molecule has 7 heteroatoms. The van der Waals surface area contributed by atoms with E-state index in [4.69, 9.17) is 0 Å². The first kappa shape index (κ1) is 16.8. The topological polar surface area (TPSA) is 59.8 Å². The average molecular weight is 368 g/mol. The third-order valence-corrected chi connectivity index (χ3v) is 5.32. The van der Waals surface area contributed by atoms with Crippen LogP contribution in [-0.4, -0.2) is 26.7 Å². The van der Waals surface area contributed by atoms with Crippen LogP contribution in [-0.2, 0) is 4.79 Å². The monoisotopic (exact) mass is 368 g/mol. The lowest BCUT2D eigenvalue weighted by Crippen LogP contribution is -2.30. The molecule has 1 heterocycles. The number of benzene rings is 2. The summed E-state index contributed by atoms with van der Waals surface area (Å²) in [5.74, 6) is -0.417. The molecule has 3 aromatic rings. The number of hydrogen-bond donors (Lipinski definition) is 1. The van der Waals surface area contributed by atoms with Gasteiger partial charge in [0.05, 0.1) is 0 Å². The van der Waals surface area contributed by atoms with Crippen molar-refractivity contribution >= 4 is 17.7 Å². The molecule has 0 radical (unpaired) electrons. The van der Waals surface area contributed by atoms with Crippen molar-refractivity contribution < 1.29 is 9.18 Å². The summed E-state index contributed by atoms with van der Waals surface area (Å²) in [4.78, 5) is 12.8. The quantitative estimate of drug-likeness (QED) is 0.677. The number of nitrogens with zero attached hydrogens (tertiary/aromatic N) is 3. The van der Waals surface area contributed by atoms with Crippen molar-refractivity contribution in [2.75, 3.05) is 0 Å². The minimum Gasteiger partial charge on any atom is -0.352 e. The summed E-state index contributed by atoms with van der Waals surface area (Å²) >= 11 is 1.31. The molecule has 1 saturated carbocycles. The van der Waals surface area contributed by atoms with E-state index < -0.39 is 5.25 Å². The van der Waals surface area contributed by atoms with E-state index in [0.717, 1.165) is 24.1 Å². The molecule has 1 fully saturated rings. The Morgan fingerprint density at radius 3 is 2.58 bits per heavy atom. The Morgan fingerprint density at radius 2 is 1.88 bits per heavy atom. The Hall–Kier alpha value is -2.67. The lowest BCUT2D eigenvalue weighted by molar-refractivity contribution is -0.120. The number of amides is 1. The van der Waals surface area contributed by atoms with E-state index in [1.54, 1.807) is 18.5 Å². The molecule has 26 heavy (non-hydrogen) atoms. The second-order valence-electron chi connectivity index (χ2n) is 6.15. The zero-order valence-corrected chi connectivity index (χ0v) is 14.7. The van der Waals surface area contributed by atoms with Gasteiger partial charge in [-0.2, -0.15) is 0 Å². The van der Waals surface area contributed by atoms with Gasteiger partial charge >= 0.3 is 0 Å². The van der Waals surface area contributed by atoms with Crippen molar-refractivity contribution in [3.05, 3.63) is 72.3 Å². The minimum atomic E-state index is -0.525. The third-order valence-electron chi connectivity index (χ3n) is 4.11. The van der Waals surface area contributed by atoms with Crippen LogP contribution in [0, 0.1) is 5.82 Å². The van der Waals surface area contributed by atoms with Crippen LogP contribution in [0.15, 0.2) is 66.1 Å². The van der Waals surface area contributed by atoms with Crippen LogP contribution in [0.1, 0.15) is 23.7 Å². The second-order valence-corrected chi connectivity index (χ2v) is 7.22. The zero-order valence-electron chi connectivity index (χ0n) is 13.9. The highest BCUT2D eigenvalue weighted by molar-refractivity contribution is 8.00. The first-order valence-electron chi connectivity index (χ1n) is 8.38. The smallest absolute Gasteiger partial charge is 0.238 e. The second kappa shape index (κ2) is 7.29. The van der Waals surface area contributed by atoms with Gasteiger partial charge in [-0.05, 0) is 42.7 Å². The summed E-state index contributed by atoms with van der Waals surface area (Å²) < 4.78 is 15.1. The van der Waals surface area contributed by atoms with E-state index in [2.05, 4.69) is 15.5 Å². The Labute approximate surface area is 154 Å². The minimum absolute atomic E-state index is 0.0910. The maximum absolute atomic E-state index is 13.3. The van der Waals surface area contributed by atoms with Crippen molar-refractivity contribution in [2.24, 2.45) is 0 Å². The van der Waals surface area contributed by atoms with E-state index in [9.17, 15) is 9.18 Å². The van der Waals surface area contributed by atoms with Crippen LogP contribution >= 0.6 is 11.8 Å². The van der Waals surface area contributed by atoms with Gasteiger partial charge in [0.15, 0.2) is 5.16 Å². The molecule has 4 rings (SSSR count). The van der Waals surface area contributed by atoms with Crippen molar-refractivity contribution in [3.63, 3.8) is 0 Å². The fraction of sp³-hybridized carbons (Fsp3) is 0.211. The van der Waals surface area contributed by atoms with E-state index >= 15 is 0 Å². The highest BCUT2D eigenvalue weighted by Gasteiger charge is 2.30. The van der Waals surface area contributed by atoms with E-state index in [1.165, 1.54) is 23.9 Å². The van der Waals surface area contributed by atoms with Gasteiger partial charge in [-0.3, -0.25) is 9.36 Å². The summed E-state index contributed by atoms with van der Waals surface area (Å²) in [7, 11) is 0. The molecule has 1 aromatic heterocycles. The molecule has 0 spiro atoms. The van der Waals surface area contributed by atoms with Gasteiger partial charge in [0.2, 0.25) is 5.91 Å². The van der Waals surface area contributed by atoms with Crippen LogP contribution in [0.4, 0.5) is 4.39 Å². The lowest BCUT2D eigenvalue weighted by Gasteiger charge is -2.17. The lowest BCUT2D eigenvalue weighted by atomic mass is 10.1. The fourth-order valence-corrected chi connectivity index (χ4v) is 3.63. The van der Waals surface area contributed by atoms with Crippen molar-refractivity contribution in [3.8, 4) is 5.69 Å².